The maximum absolute atomic E-state index is 6.91. The van der Waals surface area contributed by atoms with Crippen molar-refractivity contribution in [3.63, 3.8) is 0 Å². The van der Waals surface area contributed by atoms with Crippen LogP contribution in [0.4, 0.5) is 0 Å². The summed E-state index contributed by atoms with van der Waals surface area (Å²) in [5.41, 5.74) is 1.15. The summed E-state index contributed by atoms with van der Waals surface area (Å²) in [6.45, 7) is 28.3. The van der Waals surface area contributed by atoms with Crippen LogP contribution in [-0.2, 0) is 20.2 Å². The SMILES string of the molecule is C=CC[C@H](C[C@H](CCOCc1ccc(OC)cc1)O[Si](C)(C)C(C)(C)C)O[Si](C)(C)C(C)(C)C. The molecule has 0 fully saturated rings. The van der Waals surface area contributed by atoms with Crippen LogP contribution in [0.3, 0.4) is 0 Å². The van der Waals surface area contributed by atoms with Crippen LogP contribution in [0.15, 0.2) is 36.9 Å². The van der Waals surface area contributed by atoms with Gasteiger partial charge in [-0.2, -0.15) is 0 Å². The second-order valence-corrected chi connectivity index (χ2v) is 22.0. The molecule has 0 aromatic heterocycles. The molecule has 0 amide bonds. The van der Waals surface area contributed by atoms with Crippen molar-refractivity contribution in [2.45, 2.75) is 116 Å². The van der Waals surface area contributed by atoms with Gasteiger partial charge < -0.3 is 18.3 Å². The van der Waals surface area contributed by atoms with Crippen LogP contribution in [0.1, 0.15) is 66.4 Å². The minimum absolute atomic E-state index is 0.103. The minimum atomic E-state index is -1.93. The van der Waals surface area contributed by atoms with Crippen molar-refractivity contribution in [3.05, 3.63) is 42.5 Å². The van der Waals surface area contributed by atoms with E-state index >= 15 is 0 Å². The normalized spacial score (nSPS) is 15.1. The van der Waals surface area contributed by atoms with Gasteiger partial charge in [-0.3, -0.25) is 0 Å². The predicted octanol–water partition coefficient (Wildman–Crippen LogP) is 8.35. The Labute approximate surface area is 212 Å². The van der Waals surface area contributed by atoms with E-state index in [1.807, 2.05) is 18.2 Å². The van der Waals surface area contributed by atoms with Crippen LogP contribution in [0.2, 0.25) is 36.3 Å². The molecule has 2 atom stereocenters. The van der Waals surface area contributed by atoms with E-state index in [-0.39, 0.29) is 22.3 Å². The summed E-state index contributed by atoms with van der Waals surface area (Å²) in [7, 11) is -2.14. The Bertz CT molecular complexity index is 730. The van der Waals surface area contributed by atoms with Crippen molar-refractivity contribution in [1.29, 1.82) is 0 Å². The van der Waals surface area contributed by atoms with E-state index < -0.39 is 16.6 Å². The molecular weight excluding hydrogens is 456 g/mol. The highest BCUT2D eigenvalue weighted by Crippen LogP contribution is 2.40. The second kappa shape index (κ2) is 12.9. The van der Waals surface area contributed by atoms with Crippen LogP contribution < -0.4 is 4.74 Å². The van der Waals surface area contributed by atoms with Crippen LogP contribution in [0, 0.1) is 0 Å². The largest absolute Gasteiger partial charge is 0.497 e. The molecule has 0 aliphatic heterocycles. The molecule has 0 aliphatic carbocycles. The summed E-state index contributed by atoms with van der Waals surface area (Å²) in [5, 5.41) is 0.326. The summed E-state index contributed by atoms with van der Waals surface area (Å²) >= 11 is 0. The Morgan fingerprint density at radius 1 is 0.853 bits per heavy atom. The molecule has 0 heterocycles. The van der Waals surface area contributed by atoms with Crippen molar-refractivity contribution >= 4 is 16.6 Å². The highest BCUT2D eigenvalue weighted by Gasteiger charge is 2.41. The van der Waals surface area contributed by atoms with E-state index in [0.29, 0.717) is 13.2 Å². The first-order valence-electron chi connectivity index (χ1n) is 12.7. The number of rotatable bonds is 14. The van der Waals surface area contributed by atoms with Gasteiger partial charge in [0.25, 0.3) is 0 Å². The number of benzene rings is 1. The molecule has 0 radical (unpaired) electrons. The topological polar surface area (TPSA) is 36.9 Å². The number of methoxy groups -OCH3 is 1. The molecule has 196 valence electrons. The van der Waals surface area contributed by atoms with E-state index in [1.165, 1.54) is 0 Å². The van der Waals surface area contributed by atoms with Gasteiger partial charge in [0.05, 0.1) is 19.8 Å². The first-order valence-corrected chi connectivity index (χ1v) is 18.5. The van der Waals surface area contributed by atoms with Gasteiger partial charge in [0.1, 0.15) is 5.75 Å². The summed E-state index contributed by atoms with van der Waals surface area (Å²) in [4.78, 5) is 0. The van der Waals surface area contributed by atoms with Gasteiger partial charge in [0.15, 0.2) is 16.6 Å². The van der Waals surface area contributed by atoms with Crippen molar-refractivity contribution < 1.29 is 18.3 Å². The molecule has 0 saturated carbocycles. The van der Waals surface area contributed by atoms with Gasteiger partial charge in [0.2, 0.25) is 0 Å². The third kappa shape index (κ3) is 9.98. The fourth-order valence-corrected chi connectivity index (χ4v) is 5.99. The number of hydrogen-bond acceptors (Lipinski definition) is 4. The van der Waals surface area contributed by atoms with Gasteiger partial charge in [-0.1, -0.05) is 59.8 Å². The van der Waals surface area contributed by atoms with Gasteiger partial charge in [-0.25, -0.2) is 0 Å². The van der Waals surface area contributed by atoms with E-state index in [1.54, 1.807) is 7.11 Å². The second-order valence-electron chi connectivity index (χ2n) is 12.4. The first-order chi connectivity index (χ1) is 15.5. The maximum Gasteiger partial charge on any atom is 0.192 e. The molecular formula is C28H52O4Si2. The summed E-state index contributed by atoms with van der Waals surface area (Å²) in [6, 6.07) is 8.05. The average Bonchev–Trinajstić information content (AvgIpc) is 2.69. The minimum Gasteiger partial charge on any atom is -0.497 e. The van der Waals surface area contributed by atoms with Crippen molar-refractivity contribution in [2.75, 3.05) is 13.7 Å². The average molecular weight is 509 g/mol. The highest BCUT2D eigenvalue weighted by atomic mass is 28.4. The molecule has 1 aromatic carbocycles. The van der Waals surface area contributed by atoms with E-state index in [0.717, 1.165) is 30.6 Å². The third-order valence-corrected chi connectivity index (χ3v) is 16.6. The summed E-state index contributed by atoms with van der Waals surface area (Å²) in [5.74, 6) is 0.863. The zero-order chi connectivity index (χ0) is 26.2. The van der Waals surface area contributed by atoms with Crippen molar-refractivity contribution in [3.8, 4) is 5.75 Å². The van der Waals surface area contributed by atoms with Gasteiger partial charge in [-0.05, 0) is 73.2 Å². The molecule has 6 heteroatoms. The molecule has 1 aromatic rings. The Hall–Kier alpha value is -0.926. The van der Waals surface area contributed by atoms with Crippen molar-refractivity contribution in [1.82, 2.24) is 0 Å². The quantitative estimate of drug-likeness (QED) is 0.144. The fourth-order valence-electron chi connectivity index (χ4n) is 3.21. The van der Waals surface area contributed by atoms with Gasteiger partial charge >= 0.3 is 0 Å². The number of hydrogen-bond donors (Lipinski definition) is 0. The lowest BCUT2D eigenvalue weighted by atomic mass is 10.1. The lowest BCUT2D eigenvalue weighted by molar-refractivity contribution is 0.0503. The third-order valence-electron chi connectivity index (χ3n) is 7.50. The lowest BCUT2D eigenvalue weighted by Crippen LogP contribution is -2.47. The molecule has 0 spiro atoms. The monoisotopic (exact) mass is 508 g/mol. The Kier molecular flexibility index (Phi) is 11.8. The zero-order valence-electron chi connectivity index (χ0n) is 23.9. The summed E-state index contributed by atoms with van der Waals surface area (Å²) < 4.78 is 25.0. The van der Waals surface area contributed by atoms with E-state index in [9.17, 15) is 0 Å². The standard InChI is InChI=1S/C28H52O4Si2/c1-13-14-25(31-33(9,10)27(2,3)4)21-26(32-34(11,12)28(5,6)7)19-20-30-22-23-15-17-24(29-8)18-16-23/h13,15-18,25-26H,1,14,19-22H2,2-12H3/t25-,26+/m1/s1. The van der Waals surface area contributed by atoms with Crippen LogP contribution in [0.5, 0.6) is 5.75 Å². The maximum atomic E-state index is 6.91. The zero-order valence-corrected chi connectivity index (χ0v) is 25.9. The van der Waals surface area contributed by atoms with Crippen LogP contribution in [0.25, 0.3) is 0 Å². The Morgan fingerprint density at radius 2 is 1.35 bits per heavy atom. The molecule has 0 aliphatic rings. The molecule has 0 unspecified atom stereocenters. The smallest absolute Gasteiger partial charge is 0.192 e. The van der Waals surface area contributed by atoms with Crippen molar-refractivity contribution in [2.24, 2.45) is 0 Å². The Balaban J connectivity index is 2.89. The molecule has 0 bridgehead atoms. The predicted molar refractivity (Wildman–Crippen MR) is 151 cm³/mol. The van der Waals surface area contributed by atoms with E-state index in [2.05, 4.69) is 86.4 Å². The molecule has 34 heavy (non-hydrogen) atoms. The lowest BCUT2D eigenvalue weighted by Gasteiger charge is -2.42. The summed E-state index contributed by atoms with van der Waals surface area (Å²) in [6.07, 6.45) is 4.78. The van der Waals surface area contributed by atoms with Gasteiger partial charge in [-0.15, -0.1) is 6.58 Å². The molecule has 4 nitrogen and oxygen atoms in total. The number of ether oxygens (including phenoxy) is 2. The Morgan fingerprint density at radius 3 is 1.79 bits per heavy atom. The fraction of sp³-hybridized carbons (Fsp3) is 0.714. The highest BCUT2D eigenvalue weighted by molar-refractivity contribution is 6.74. The molecule has 0 N–H and O–H groups in total. The first kappa shape index (κ1) is 31.1. The molecule has 1 rings (SSSR count). The van der Waals surface area contributed by atoms with Gasteiger partial charge in [0, 0.05) is 12.7 Å². The van der Waals surface area contributed by atoms with Crippen LogP contribution in [-0.4, -0.2) is 42.6 Å². The molecule has 0 saturated heterocycles. The van der Waals surface area contributed by atoms with E-state index in [4.69, 9.17) is 18.3 Å². The van der Waals surface area contributed by atoms with Crippen LogP contribution >= 0.6 is 0 Å².